The second-order valence-electron chi connectivity index (χ2n) is 7.95. The molecule has 1 aliphatic rings. The Kier molecular flexibility index (Phi) is 10.1. The van der Waals surface area contributed by atoms with Crippen LogP contribution in [-0.2, 0) is 21.3 Å². The fraction of sp³-hybridized carbons (Fsp3) is 0.682. The Morgan fingerprint density at radius 3 is 2.50 bits per heavy atom. The van der Waals surface area contributed by atoms with Gasteiger partial charge < -0.3 is 15.4 Å². The van der Waals surface area contributed by atoms with Crippen molar-refractivity contribution in [3.05, 3.63) is 29.8 Å². The molecule has 2 N–H and O–H groups in total. The highest BCUT2D eigenvalue weighted by atomic mass is 32.2. The van der Waals surface area contributed by atoms with Gasteiger partial charge in [0.1, 0.15) is 0 Å². The van der Waals surface area contributed by atoms with Crippen LogP contribution in [0.3, 0.4) is 0 Å². The van der Waals surface area contributed by atoms with E-state index in [0.29, 0.717) is 43.0 Å². The van der Waals surface area contributed by atoms with Gasteiger partial charge in [-0.2, -0.15) is 4.31 Å². The van der Waals surface area contributed by atoms with Crippen LogP contribution in [0.2, 0.25) is 0 Å². The molecule has 0 amide bonds. The first kappa shape index (κ1) is 24.6. The molecule has 0 aliphatic carbocycles. The number of hydrogen-bond donors (Lipinski definition) is 2. The maximum Gasteiger partial charge on any atom is 0.243 e. The zero-order valence-corrected chi connectivity index (χ0v) is 19.7. The Morgan fingerprint density at radius 2 is 1.87 bits per heavy atom. The molecule has 1 fully saturated rings. The zero-order chi connectivity index (χ0) is 22.0. The molecule has 1 aromatic rings. The largest absolute Gasteiger partial charge is 0.378 e. The van der Waals surface area contributed by atoms with Crippen molar-refractivity contribution >= 4 is 16.0 Å². The van der Waals surface area contributed by atoms with Crippen molar-refractivity contribution < 1.29 is 13.2 Å². The van der Waals surface area contributed by atoms with Gasteiger partial charge in [-0.1, -0.05) is 38.5 Å². The summed E-state index contributed by atoms with van der Waals surface area (Å²) in [6.45, 7) is 9.36. The first-order valence-electron chi connectivity index (χ1n) is 11.0. The summed E-state index contributed by atoms with van der Waals surface area (Å²) in [6.07, 6.45) is 4.03. The quantitative estimate of drug-likeness (QED) is 0.433. The summed E-state index contributed by atoms with van der Waals surface area (Å²) in [5.74, 6) is 1.10. The van der Waals surface area contributed by atoms with Gasteiger partial charge in [0.05, 0.1) is 11.0 Å². The molecule has 8 heteroatoms. The lowest BCUT2D eigenvalue weighted by atomic mass is 10.0. The highest BCUT2D eigenvalue weighted by Crippen LogP contribution is 2.23. The van der Waals surface area contributed by atoms with Gasteiger partial charge in [0.25, 0.3) is 0 Å². The second kappa shape index (κ2) is 12.3. The number of aliphatic imine (C=N–C) groups is 1. The first-order chi connectivity index (χ1) is 14.4. The molecule has 0 saturated carbocycles. The molecule has 0 radical (unpaired) electrons. The lowest BCUT2D eigenvalue weighted by molar-refractivity contribution is 0.0258. The van der Waals surface area contributed by atoms with Gasteiger partial charge in [-0.05, 0) is 43.7 Å². The van der Waals surface area contributed by atoms with Crippen molar-refractivity contribution in [1.29, 1.82) is 0 Å². The normalized spacial score (nSPS) is 17.2. The molecular weight excluding hydrogens is 400 g/mol. The van der Waals surface area contributed by atoms with Crippen molar-refractivity contribution in [2.75, 3.05) is 33.3 Å². The molecule has 30 heavy (non-hydrogen) atoms. The second-order valence-corrected chi connectivity index (χ2v) is 9.86. The number of nitrogens with one attached hydrogen (secondary N) is 2. The van der Waals surface area contributed by atoms with E-state index < -0.39 is 10.0 Å². The number of rotatable bonds is 10. The molecule has 1 saturated heterocycles. The van der Waals surface area contributed by atoms with Crippen LogP contribution in [0.15, 0.2) is 34.2 Å². The molecule has 0 spiro atoms. The fourth-order valence-electron chi connectivity index (χ4n) is 3.70. The third-order valence-corrected chi connectivity index (χ3v) is 7.42. The molecular formula is C22H38N4O3S. The van der Waals surface area contributed by atoms with E-state index >= 15 is 0 Å². The molecule has 7 nitrogen and oxygen atoms in total. The summed E-state index contributed by atoms with van der Waals surface area (Å²) in [5.41, 5.74) is 0.750. The Morgan fingerprint density at radius 1 is 1.17 bits per heavy atom. The predicted octanol–water partition coefficient (Wildman–Crippen LogP) is 2.98. The number of piperidine rings is 1. The fourth-order valence-corrected chi connectivity index (χ4v) is 5.44. The number of guanidine groups is 1. The van der Waals surface area contributed by atoms with E-state index in [-0.39, 0.29) is 6.10 Å². The molecule has 1 unspecified atom stereocenters. The van der Waals surface area contributed by atoms with Crippen LogP contribution >= 0.6 is 0 Å². The molecule has 1 aliphatic heterocycles. The predicted molar refractivity (Wildman–Crippen MR) is 122 cm³/mol. The average Bonchev–Trinajstić information content (AvgIpc) is 2.76. The lowest BCUT2D eigenvalue weighted by Gasteiger charge is -2.27. The van der Waals surface area contributed by atoms with E-state index in [1.807, 2.05) is 19.1 Å². The smallest absolute Gasteiger partial charge is 0.243 e. The number of ether oxygens (including phenoxy) is 1. The van der Waals surface area contributed by atoms with Crippen LogP contribution in [-0.4, -0.2) is 58.1 Å². The molecule has 170 valence electrons. The van der Waals surface area contributed by atoms with E-state index in [9.17, 15) is 8.42 Å². The number of hydrogen-bond acceptors (Lipinski definition) is 4. The summed E-state index contributed by atoms with van der Waals surface area (Å²) < 4.78 is 33.7. The van der Waals surface area contributed by atoms with Gasteiger partial charge in [-0.3, -0.25) is 4.99 Å². The van der Waals surface area contributed by atoms with Crippen LogP contribution in [0.4, 0.5) is 0 Å². The molecule has 0 bridgehead atoms. The Labute approximate surface area is 182 Å². The minimum absolute atomic E-state index is 0.205. The van der Waals surface area contributed by atoms with Crippen LogP contribution in [0.1, 0.15) is 52.0 Å². The van der Waals surface area contributed by atoms with Crippen molar-refractivity contribution in [3.63, 3.8) is 0 Å². The maximum atomic E-state index is 13.1. The summed E-state index contributed by atoms with van der Waals surface area (Å²) in [5, 5.41) is 6.56. The Hall–Kier alpha value is -1.64. The van der Waals surface area contributed by atoms with Gasteiger partial charge in [0.2, 0.25) is 10.0 Å². The van der Waals surface area contributed by atoms with Gasteiger partial charge in [0, 0.05) is 39.8 Å². The summed E-state index contributed by atoms with van der Waals surface area (Å²) in [7, 11) is -1.76. The minimum atomic E-state index is -3.47. The van der Waals surface area contributed by atoms with E-state index in [1.165, 1.54) is 0 Å². The molecule has 1 atom stereocenters. The van der Waals surface area contributed by atoms with Crippen molar-refractivity contribution in [1.82, 2.24) is 14.9 Å². The van der Waals surface area contributed by atoms with E-state index in [0.717, 1.165) is 37.8 Å². The topological polar surface area (TPSA) is 83.0 Å². The van der Waals surface area contributed by atoms with Crippen molar-refractivity contribution in [2.45, 2.75) is 64.0 Å². The molecule has 1 heterocycles. The highest BCUT2D eigenvalue weighted by molar-refractivity contribution is 7.89. The summed E-state index contributed by atoms with van der Waals surface area (Å²) in [6, 6.07) is 7.22. The van der Waals surface area contributed by atoms with E-state index in [1.54, 1.807) is 23.5 Å². The lowest BCUT2D eigenvalue weighted by Crippen LogP contribution is -2.39. The molecule has 1 aromatic carbocycles. The molecule has 2 rings (SSSR count). The maximum absolute atomic E-state index is 13.1. The number of nitrogens with zero attached hydrogens (tertiary/aromatic N) is 2. The van der Waals surface area contributed by atoms with Crippen molar-refractivity contribution in [3.8, 4) is 0 Å². The monoisotopic (exact) mass is 438 g/mol. The van der Waals surface area contributed by atoms with Crippen LogP contribution in [0, 0.1) is 5.92 Å². The third-order valence-electron chi connectivity index (χ3n) is 5.42. The minimum Gasteiger partial charge on any atom is -0.378 e. The zero-order valence-electron chi connectivity index (χ0n) is 18.9. The number of sulfonamides is 1. The van der Waals surface area contributed by atoms with Gasteiger partial charge >= 0.3 is 0 Å². The van der Waals surface area contributed by atoms with E-state index in [4.69, 9.17) is 4.74 Å². The Balaban J connectivity index is 1.98. The third kappa shape index (κ3) is 6.96. The van der Waals surface area contributed by atoms with Gasteiger partial charge in [-0.15, -0.1) is 0 Å². The SMILES string of the molecule is CCOC(CCNC(=NC)NCc1ccccc1S(=O)(=O)N1CCCCC1)C(C)C. The first-order valence-corrected chi connectivity index (χ1v) is 12.5. The standard InChI is InChI=1S/C22H38N4O3S/c1-5-29-20(18(2)3)13-14-24-22(23-4)25-17-19-11-7-8-12-21(19)30(27,28)26-15-9-6-10-16-26/h7-8,11-12,18,20H,5-6,9-10,13-17H2,1-4H3,(H2,23,24,25). The average molecular weight is 439 g/mol. The number of benzene rings is 1. The Bertz CT molecular complexity index is 774. The summed E-state index contributed by atoms with van der Waals surface area (Å²) in [4.78, 5) is 4.65. The van der Waals surface area contributed by atoms with Crippen LogP contribution < -0.4 is 10.6 Å². The van der Waals surface area contributed by atoms with Gasteiger partial charge in [0.15, 0.2) is 5.96 Å². The van der Waals surface area contributed by atoms with Crippen LogP contribution in [0.25, 0.3) is 0 Å². The summed E-state index contributed by atoms with van der Waals surface area (Å²) >= 11 is 0. The van der Waals surface area contributed by atoms with Crippen molar-refractivity contribution in [2.24, 2.45) is 10.9 Å². The highest BCUT2D eigenvalue weighted by Gasteiger charge is 2.27. The molecule has 0 aromatic heterocycles. The van der Waals surface area contributed by atoms with E-state index in [2.05, 4.69) is 29.5 Å². The van der Waals surface area contributed by atoms with Gasteiger partial charge in [-0.25, -0.2) is 8.42 Å². The van der Waals surface area contributed by atoms with Crippen LogP contribution in [0.5, 0.6) is 0 Å².